The van der Waals surface area contributed by atoms with Gasteiger partial charge < -0.3 is 14.7 Å². The molecule has 0 saturated heterocycles. The number of aliphatic hydroxyl groups is 1. The maximum atomic E-state index is 13.8. The van der Waals surface area contributed by atoms with Crippen molar-refractivity contribution in [2.45, 2.75) is 37.4 Å². The molecular weight excluding hydrogens is 610 g/mol. The van der Waals surface area contributed by atoms with Gasteiger partial charge in [-0.1, -0.05) is 79.2 Å². The third-order valence-corrected chi connectivity index (χ3v) is 9.70. The molecule has 0 radical (unpaired) electrons. The minimum atomic E-state index is -4.02. The number of nitrogens with one attached hydrogen (secondary N) is 1. The van der Waals surface area contributed by atoms with Crippen LogP contribution in [0, 0.1) is 5.92 Å². The largest absolute Gasteiger partial charge is 0.486 e. The average molecular weight is 648 g/mol. The van der Waals surface area contributed by atoms with Crippen molar-refractivity contribution in [1.29, 1.82) is 0 Å². The lowest BCUT2D eigenvalue weighted by Crippen LogP contribution is -2.49. The predicted octanol–water partition coefficient (Wildman–Crippen LogP) is 6.16. The Morgan fingerprint density at radius 3 is 2.31 bits per heavy atom. The van der Waals surface area contributed by atoms with Crippen LogP contribution in [-0.2, 0) is 16.6 Å². The molecule has 1 aliphatic heterocycles. The number of anilines is 1. The van der Waals surface area contributed by atoms with Crippen LogP contribution in [0.25, 0.3) is 11.1 Å². The Balaban J connectivity index is 1.42. The smallest absolute Gasteiger partial charge is 0.262 e. The first-order chi connectivity index (χ1) is 21.6. The first-order valence-corrected chi connectivity index (χ1v) is 16.7. The summed E-state index contributed by atoms with van der Waals surface area (Å²) in [6.07, 6.45) is -0.403. The lowest BCUT2D eigenvalue weighted by Gasteiger charge is -2.38. The SMILES string of the molecule is C[C@@H]1CN([C@@H](C)CO)C(=O)c2cccc(NS(=O)(=O)c3ccc(Cl)cc3)c2O[C@H]1CN(C)Cc1ccc(-c2ccccc2)cc1. The van der Waals surface area contributed by atoms with Gasteiger partial charge in [-0.3, -0.25) is 14.4 Å². The minimum absolute atomic E-state index is 0.0279. The fourth-order valence-corrected chi connectivity index (χ4v) is 6.66. The molecule has 2 N–H and O–H groups in total. The molecule has 0 saturated carbocycles. The van der Waals surface area contributed by atoms with Crippen LogP contribution >= 0.6 is 11.6 Å². The van der Waals surface area contributed by atoms with Gasteiger partial charge >= 0.3 is 0 Å². The predicted molar refractivity (Wildman–Crippen MR) is 178 cm³/mol. The summed E-state index contributed by atoms with van der Waals surface area (Å²) in [5.74, 6) is -0.316. The van der Waals surface area contributed by atoms with E-state index in [2.05, 4.69) is 46.0 Å². The van der Waals surface area contributed by atoms with Crippen molar-refractivity contribution in [2.24, 2.45) is 5.92 Å². The van der Waals surface area contributed by atoms with Crippen molar-refractivity contribution in [3.63, 3.8) is 0 Å². The molecule has 8 nitrogen and oxygen atoms in total. The zero-order chi connectivity index (χ0) is 32.1. The molecule has 0 fully saturated rings. The van der Waals surface area contributed by atoms with E-state index in [1.165, 1.54) is 24.3 Å². The van der Waals surface area contributed by atoms with Crippen LogP contribution in [0.5, 0.6) is 5.75 Å². The van der Waals surface area contributed by atoms with Crippen LogP contribution in [0.3, 0.4) is 0 Å². The van der Waals surface area contributed by atoms with E-state index in [-0.39, 0.29) is 40.3 Å². The summed E-state index contributed by atoms with van der Waals surface area (Å²) in [7, 11) is -2.01. The molecule has 0 spiro atoms. The standard InChI is InChI=1S/C35H38ClN3O5S/c1-24-20-39(25(2)23-40)35(41)31-10-7-11-32(37-45(42,43)30-18-16-29(36)17-19-30)34(31)44-33(24)22-38(3)21-26-12-14-28(15-13-26)27-8-5-4-6-9-27/h4-19,24-25,33,37,40H,20-23H2,1-3H3/t24-,25+,33+/m1/s1. The third-order valence-electron chi connectivity index (χ3n) is 8.06. The molecule has 1 aliphatic rings. The molecule has 3 atom stereocenters. The number of hydrogen-bond donors (Lipinski definition) is 2. The van der Waals surface area contributed by atoms with Gasteiger partial charge in [0.15, 0.2) is 5.75 Å². The summed E-state index contributed by atoms with van der Waals surface area (Å²) in [5, 5.41) is 10.4. The van der Waals surface area contributed by atoms with E-state index >= 15 is 0 Å². The molecule has 1 amide bonds. The fourth-order valence-electron chi connectivity index (χ4n) is 5.48. The molecule has 0 aliphatic carbocycles. The van der Waals surface area contributed by atoms with Crippen LogP contribution in [0.4, 0.5) is 5.69 Å². The number of carbonyl (C=O) groups is 1. The number of nitrogens with zero attached hydrogens (tertiary/aromatic N) is 2. The third kappa shape index (κ3) is 7.68. The number of aliphatic hydroxyl groups excluding tert-OH is 1. The Hall–Kier alpha value is -3.89. The van der Waals surface area contributed by atoms with Gasteiger partial charge in [0.05, 0.1) is 28.8 Å². The van der Waals surface area contributed by atoms with Gasteiger partial charge in [0.2, 0.25) is 0 Å². The average Bonchev–Trinajstić information content (AvgIpc) is 3.03. The molecule has 0 unspecified atom stereocenters. The zero-order valence-corrected chi connectivity index (χ0v) is 27.1. The van der Waals surface area contributed by atoms with Crippen LogP contribution in [0.15, 0.2) is 102 Å². The first-order valence-electron chi connectivity index (χ1n) is 14.9. The molecule has 4 aromatic carbocycles. The van der Waals surface area contributed by atoms with Gasteiger partial charge in [-0.2, -0.15) is 0 Å². The number of para-hydroxylation sites is 1. The van der Waals surface area contributed by atoms with Crippen molar-refractivity contribution < 1.29 is 23.1 Å². The summed E-state index contributed by atoms with van der Waals surface area (Å²) in [5.41, 5.74) is 3.82. The molecule has 0 aromatic heterocycles. The van der Waals surface area contributed by atoms with E-state index in [0.29, 0.717) is 24.7 Å². The molecular formula is C35H38ClN3O5S. The van der Waals surface area contributed by atoms with Gasteiger partial charge in [0.1, 0.15) is 6.10 Å². The highest BCUT2D eigenvalue weighted by atomic mass is 35.5. The van der Waals surface area contributed by atoms with Gasteiger partial charge in [0.25, 0.3) is 15.9 Å². The summed E-state index contributed by atoms with van der Waals surface area (Å²) in [4.78, 5) is 17.6. The number of sulfonamides is 1. The lowest BCUT2D eigenvalue weighted by molar-refractivity contribution is 0.0344. The van der Waals surface area contributed by atoms with Crippen molar-refractivity contribution in [3.05, 3.63) is 113 Å². The number of ether oxygens (including phenoxy) is 1. The molecule has 236 valence electrons. The maximum absolute atomic E-state index is 13.8. The van der Waals surface area contributed by atoms with Gasteiger partial charge in [-0.05, 0) is 67.1 Å². The second kappa shape index (κ2) is 14.0. The Bertz CT molecular complexity index is 1720. The number of hydrogen-bond acceptors (Lipinski definition) is 6. The summed E-state index contributed by atoms with van der Waals surface area (Å²) in [6, 6.07) is 28.9. The first kappa shape index (κ1) is 32.5. The molecule has 45 heavy (non-hydrogen) atoms. The van der Waals surface area contributed by atoms with Gasteiger partial charge in [0, 0.05) is 30.6 Å². The highest BCUT2D eigenvalue weighted by Crippen LogP contribution is 2.36. The maximum Gasteiger partial charge on any atom is 0.262 e. The van der Waals surface area contributed by atoms with Crippen LogP contribution < -0.4 is 9.46 Å². The highest BCUT2D eigenvalue weighted by Gasteiger charge is 2.35. The van der Waals surface area contributed by atoms with Gasteiger partial charge in [-0.15, -0.1) is 0 Å². The van der Waals surface area contributed by atoms with Crippen molar-refractivity contribution >= 4 is 33.2 Å². The number of benzene rings is 4. The Morgan fingerprint density at radius 2 is 1.64 bits per heavy atom. The van der Waals surface area contributed by atoms with E-state index in [1.54, 1.807) is 30.0 Å². The molecule has 1 heterocycles. The number of carbonyl (C=O) groups excluding carboxylic acids is 1. The second-order valence-corrected chi connectivity index (χ2v) is 13.7. The van der Waals surface area contributed by atoms with Crippen LogP contribution in [-0.4, -0.2) is 68.1 Å². The number of amides is 1. The molecule has 4 aromatic rings. The molecule has 0 bridgehead atoms. The van der Waals surface area contributed by atoms with E-state index in [0.717, 1.165) is 16.7 Å². The van der Waals surface area contributed by atoms with E-state index in [4.69, 9.17) is 16.3 Å². The van der Waals surface area contributed by atoms with Crippen molar-refractivity contribution in [3.8, 4) is 16.9 Å². The topological polar surface area (TPSA) is 99.2 Å². The van der Waals surface area contributed by atoms with Crippen LogP contribution in [0.2, 0.25) is 5.02 Å². The molecule has 10 heteroatoms. The number of halogens is 1. The lowest BCUT2D eigenvalue weighted by atomic mass is 9.98. The Kier molecular flexibility index (Phi) is 10.1. The number of rotatable bonds is 10. The normalized spacial score (nSPS) is 17.6. The van der Waals surface area contributed by atoms with Crippen molar-refractivity contribution in [2.75, 3.05) is 31.5 Å². The number of fused-ring (bicyclic) bond motifs is 1. The number of likely N-dealkylation sites (N-methyl/N-ethyl adjacent to an activating group) is 1. The van der Waals surface area contributed by atoms with E-state index in [1.807, 2.05) is 32.2 Å². The second-order valence-electron chi connectivity index (χ2n) is 11.6. The highest BCUT2D eigenvalue weighted by molar-refractivity contribution is 7.92. The summed E-state index contributed by atoms with van der Waals surface area (Å²) < 4.78 is 35.9. The fraction of sp³-hybridized carbons (Fsp3) is 0.286. The van der Waals surface area contributed by atoms with Crippen molar-refractivity contribution in [1.82, 2.24) is 9.80 Å². The minimum Gasteiger partial charge on any atom is -0.486 e. The van der Waals surface area contributed by atoms with E-state index < -0.39 is 22.2 Å². The zero-order valence-electron chi connectivity index (χ0n) is 25.6. The summed E-state index contributed by atoms with van der Waals surface area (Å²) in [6.45, 7) is 5.12. The Labute approximate surface area is 270 Å². The monoisotopic (exact) mass is 647 g/mol. The van der Waals surface area contributed by atoms with E-state index in [9.17, 15) is 18.3 Å². The quantitative estimate of drug-likeness (QED) is 0.214. The Morgan fingerprint density at radius 1 is 0.978 bits per heavy atom. The van der Waals surface area contributed by atoms with Crippen LogP contribution in [0.1, 0.15) is 29.8 Å². The summed E-state index contributed by atoms with van der Waals surface area (Å²) >= 11 is 5.97. The molecule has 5 rings (SSSR count). The van der Waals surface area contributed by atoms with Gasteiger partial charge in [-0.25, -0.2) is 8.42 Å².